The topological polar surface area (TPSA) is 92.5 Å². The first kappa shape index (κ1) is 21.9. The summed E-state index contributed by atoms with van der Waals surface area (Å²) in [6, 6.07) is 0. The zero-order chi connectivity index (χ0) is 15.1. The Morgan fingerprint density at radius 3 is 2.35 bits per heavy atom. The van der Waals surface area contributed by atoms with E-state index in [1.807, 2.05) is 6.92 Å². The predicted octanol–water partition coefficient (Wildman–Crippen LogP) is 0.714. The summed E-state index contributed by atoms with van der Waals surface area (Å²) in [5.41, 5.74) is 5.03. The fourth-order valence-corrected chi connectivity index (χ4v) is 2.55. The van der Waals surface area contributed by atoms with E-state index >= 15 is 0 Å². The first-order valence-electron chi connectivity index (χ1n) is 6.68. The van der Waals surface area contributed by atoms with E-state index in [9.17, 15) is 13.2 Å². The Kier molecular flexibility index (Phi) is 10.5. The van der Waals surface area contributed by atoms with E-state index in [0.717, 1.165) is 6.42 Å². The zero-order valence-corrected chi connectivity index (χ0v) is 14.4. The Hall–Kier alpha value is -0.370. The van der Waals surface area contributed by atoms with Crippen molar-refractivity contribution in [2.75, 3.05) is 25.9 Å². The molecular formula is C12H28ClN3O3S. The van der Waals surface area contributed by atoms with Crippen molar-refractivity contribution in [3.8, 4) is 0 Å². The molecule has 0 heterocycles. The highest BCUT2D eigenvalue weighted by molar-refractivity contribution is 7.89. The molecule has 122 valence electrons. The van der Waals surface area contributed by atoms with Gasteiger partial charge in [-0.05, 0) is 26.7 Å². The fourth-order valence-electron chi connectivity index (χ4n) is 1.70. The van der Waals surface area contributed by atoms with Crippen LogP contribution in [0, 0.1) is 0 Å². The van der Waals surface area contributed by atoms with Gasteiger partial charge in [0, 0.05) is 20.1 Å². The van der Waals surface area contributed by atoms with Gasteiger partial charge in [0.2, 0.25) is 15.9 Å². The van der Waals surface area contributed by atoms with E-state index in [2.05, 4.69) is 5.32 Å². The van der Waals surface area contributed by atoms with Crippen LogP contribution in [0.2, 0.25) is 0 Å². The van der Waals surface area contributed by atoms with Crippen molar-refractivity contribution in [2.24, 2.45) is 5.73 Å². The number of carbonyl (C=O) groups is 1. The average Bonchev–Trinajstić information content (AvgIpc) is 2.33. The van der Waals surface area contributed by atoms with E-state index in [1.165, 1.54) is 4.31 Å². The van der Waals surface area contributed by atoms with Gasteiger partial charge in [0.1, 0.15) is 0 Å². The van der Waals surface area contributed by atoms with Crippen LogP contribution in [0.15, 0.2) is 0 Å². The number of carbonyl (C=O) groups excluding carboxylic acids is 1. The van der Waals surface area contributed by atoms with Crippen LogP contribution in [0.25, 0.3) is 0 Å². The first-order valence-corrected chi connectivity index (χ1v) is 8.29. The standard InChI is InChI=1S/C12H27N3O3S.ClH/c1-5-8-12(3,13)11(16)14-9-7-10-15(4)19(17,18)6-2;/h5-10,13H2,1-4H3,(H,14,16);1H. The molecule has 0 rings (SSSR count). The van der Waals surface area contributed by atoms with Gasteiger partial charge < -0.3 is 11.1 Å². The minimum absolute atomic E-state index is 0. The summed E-state index contributed by atoms with van der Waals surface area (Å²) < 4.78 is 24.3. The number of nitrogens with one attached hydrogen (secondary N) is 1. The fraction of sp³-hybridized carbons (Fsp3) is 0.917. The number of halogens is 1. The number of hydrogen-bond acceptors (Lipinski definition) is 4. The number of sulfonamides is 1. The first-order chi connectivity index (χ1) is 8.67. The minimum Gasteiger partial charge on any atom is -0.354 e. The molecule has 0 aliphatic carbocycles. The van der Waals surface area contributed by atoms with Gasteiger partial charge >= 0.3 is 0 Å². The molecule has 0 bridgehead atoms. The molecule has 1 unspecified atom stereocenters. The van der Waals surface area contributed by atoms with E-state index in [-0.39, 0.29) is 24.1 Å². The van der Waals surface area contributed by atoms with E-state index < -0.39 is 15.6 Å². The number of rotatable bonds is 9. The molecule has 0 saturated carbocycles. The summed E-state index contributed by atoms with van der Waals surface area (Å²) in [7, 11) is -1.59. The molecule has 0 aromatic carbocycles. The second kappa shape index (κ2) is 9.55. The smallest absolute Gasteiger partial charge is 0.239 e. The lowest BCUT2D eigenvalue weighted by molar-refractivity contribution is -0.126. The number of nitrogens with two attached hydrogens (primary N) is 1. The molecule has 0 spiro atoms. The normalized spacial score (nSPS) is 14.5. The van der Waals surface area contributed by atoms with Crippen LogP contribution in [0.5, 0.6) is 0 Å². The van der Waals surface area contributed by atoms with Crippen LogP contribution in [-0.4, -0.2) is 50.1 Å². The highest BCUT2D eigenvalue weighted by atomic mass is 35.5. The van der Waals surface area contributed by atoms with Crippen LogP contribution < -0.4 is 11.1 Å². The summed E-state index contributed by atoms with van der Waals surface area (Å²) >= 11 is 0. The minimum atomic E-state index is -3.14. The third-order valence-corrected chi connectivity index (χ3v) is 4.92. The monoisotopic (exact) mass is 329 g/mol. The third kappa shape index (κ3) is 7.42. The Labute approximate surface area is 128 Å². The molecular weight excluding hydrogens is 302 g/mol. The van der Waals surface area contributed by atoms with Gasteiger partial charge in [-0.25, -0.2) is 12.7 Å². The molecule has 20 heavy (non-hydrogen) atoms. The Balaban J connectivity index is 0. The van der Waals surface area contributed by atoms with Crippen LogP contribution in [0.3, 0.4) is 0 Å². The zero-order valence-electron chi connectivity index (χ0n) is 12.8. The van der Waals surface area contributed by atoms with Gasteiger partial charge in [-0.2, -0.15) is 0 Å². The largest absolute Gasteiger partial charge is 0.354 e. The molecule has 1 amide bonds. The Bertz CT molecular complexity index is 385. The number of hydrogen-bond donors (Lipinski definition) is 2. The second-order valence-electron chi connectivity index (χ2n) is 5.00. The average molecular weight is 330 g/mol. The van der Waals surface area contributed by atoms with Crippen molar-refractivity contribution in [3.63, 3.8) is 0 Å². The van der Waals surface area contributed by atoms with Gasteiger partial charge in [-0.15, -0.1) is 12.4 Å². The van der Waals surface area contributed by atoms with Crippen LogP contribution >= 0.6 is 12.4 Å². The van der Waals surface area contributed by atoms with Crippen molar-refractivity contribution < 1.29 is 13.2 Å². The summed E-state index contributed by atoms with van der Waals surface area (Å²) in [6.45, 7) is 6.12. The quantitative estimate of drug-likeness (QED) is 0.609. The highest BCUT2D eigenvalue weighted by Crippen LogP contribution is 2.08. The van der Waals surface area contributed by atoms with Crippen LogP contribution in [0.4, 0.5) is 0 Å². The second-order valence-corrected chi connectivity index (χ2v) is 7.36. The van der Waals surface area contributed by atoms with E-state index in [0.29, 0.717) is 25.9 Å². The molecule has 0 aromatic heterocycles. The van der Waals surface area contributed by atoms with E-state index in [1.54, 1.807) is 20.9 Å². The van der Waals surface area contributed by atoms with Crippen molar-refractivity contribution in [1.29, 1.82) is 0 Å². The molecule has 0 fully saturated rings. The SMILES string of the molecule is CCCC(C)(N)C(=O)NCCCN(C)S(=O)(=O)CC.Cl. The lowest BCUT2D eigenvalue weighted by Gasteiger charge is -2.23. The van der Waals surface area contributed by atoms with Gasteiger partial charge in [0.25, 0.3) is 0 Å². The molecule has 6 nitrogen and oxygen atoms in total. The maximum absolute atomic E-state index is 11.8. The summed E-state index contributed by atoms with van der Waals surface area (Å²) in [5.74, 6) is -0.0944. The maximum Gasteiger partial charge on any atom is 0.239 e. The van der Waals surface area contributed by atoms with Crippen LogP contribution in [0.1, 0.15) is 40.0 Å². The molecule has 0 aliphatic rings. The lowest BCUT2D eigenvalue weighted by Crippen LogP contribution is -2.51. The van der Waals surface area contributed by atoms with Crippen molar-refractivity contribution in [1.82, 2.24) is 9.62 Å². The predicted molar refractivity (Wildman–Crippen MR) is 84.5 cm³/mol. The van der Waals surface area contributed by atoms with Crippen molar-refractivity contribution >= 4 is 28.3 Å². The molecule has 0 radical (unpaired) electrons. The molecule has 3 N–H and O–H groups in total. The van der Waals surface area contributed by atoms with Crippen molar-refractivity contribution in [2.45, 2.75) is 45.6 Å². The summed E-state index contributed by atoms with van der Waals surface area (Å²) in [4.78, 5) is 11.8. The summed E-state index contributed by atoms with van der Waals surface area (Å²) in [6.07, 6.45) is 2.05. The third-order valence-electron chi connectivity index (χ3n) is 3.06. The molecule has 0 saturated heterocycles. The van der Waals surface area contributed by atoms with E-state index in [4.69, 9.17) is 5.73 Å². The molecule has 1 atom stereocenters. The van der Waals surface area contributed by atoms with Crippen molar-refractivity contribution in [3.05, 3.63) is 0 Å². The molecule has 8 heteroatoms. The summed E-state index contributed by atoms with van der Waals surface area (Å²) in [5, 5.41) is 2.75. The molecule has 0 aliphatic heterocycles. The van der Waals surface area contributed by atoms with Gasteiger partial charge in [0.05, 0.1) is 11.3 Å². The number of nitrogens with zero attached hydrogens (tertiary/aromatic N) is 1. The maximum atomic E-state index is 11.8. The van der Waals surface area contributed by atoms with Gasteiger partial charge in [0.15, 0.2) is 0 Å². The Morgan fingerprint density at radius 2 is 1.90 bits per heavy atom. The Morgan fingerprint density at radius 1 is 1.35 bits per heavy atom. The highest BCUT2D eigenvalue weighted by Gasteiger charge is 2.26. The lowest BCUT2D eigenvalue weighted by atomic mass is 9.96. The van der Waals surface area contributed by atoms with Gasteiger partial charge in [-0.3, -0.25) is 4.79 Å². The number of amides is 1. The van der Waals surface area contributed by atoms with Gasteiger partial charge in [-0.1, -0.05) is 13.3 Å². The van der Waals surface area contributed by atoms with Crippen LogP contribution in [-0.2, 0) is 14.8 Å². The molecule has 0 aromatic rings.